The molecule has 0 spiro atoms. The Morgan fingerprint density at radius 3 is 2.55 bits per heavy atom. The van der Waals surface area contributed by atoms with E-state index in [1.54, 1.807) is 31.2 Å². The molecule has 1 aliphatic heterocycles. The van der Waals surface area contributed by atoms with Gasteiger partial charge < -0.3 is 14.2 Å². The summed E-state index contributed by atoms with van der Waals surface area (Å²) in [6.07, 6.45) is 1.59. The van der Waals surface area contributed by atoms with E-state index in [1.165, 1.54) is 14.0 Å². The van der Waals surface area contributed by atoms with Crippen molar-refractivity contribution in [2.75, 3.05) is 13.7 Å². The van der Waals surface area contributed by atoms with Crippen LogP contribution in [0.15, 0.2) is 53.4 Å². The van der Waals surface area contributed by atoms with Crippen molar-refractivity contribution in [3.63, 3.8) is 0 Å². The van der Waals surface area contributed by atoms with Gasteiger partial charge in [0.1, 0.15) is 12.6 Å². The number of imide groups is 1. The minimum absolute atomic E-state index is 0.174. The number of ether oxygens (including phenoxy) is 3. The highest BCUT2D eigenvalue weighted by Crippen LogP contribution is 2.35. The van der Waals surface area contributed by atoms with Crippen LogP contribution < -0.4 is 9.47 Å². The van der Waals surface area contributed by atoms with Gasteiger partial charge in [0.05, 0.1) is 18.6 Å². The molecule has 0 unspecified atom stereocenters. The first-order valence-corrected chi connectivity index (χ1v) is 10.5. The van der Waals surface area contributed by atoms with Gasteiger partial charge >= 0.3 is 5.97 Å². The van der Waals surface area contributed by atoms with Crippen LogP contribution in [0.2, 0.25) is 0 Å². The zero-order valence-corrected chi connectivity index (χ0v) is 18.3. The maximum Gasteiger partial charge on any atom is 0.329 e. The average molecular weight is 442 g/mol. The molecule has 1 heterocycles. The largest absolute Gasteiger partial charge is 0.493 e. The highest BCUT2D eigenvalue weighted by molar-refractivity contribution is 8.18. The predicted octanol–water partition coefficient (Wildman–Crippen LogP) is 4.26. The minimum atomic E-state index is -0.985. The van der Waals surface area contributed by atoms with Gasteiger partial charge in [-0.25, -0.2) is 4.79 Å². The predicted molar refractivity (Wildman–Crippen MR) is 118 cm³/mol. The Morgan fingerprint density at radius 2 is 1.87 bits per heavy atom. The van der Waals surface area contributed by atoms with Gasteiger partial charge in [-0.1, -0.05) is 36.4 Å². The molecule has 31 heavy (non-hydrogen) atoms. The van der Waals surface area contributed by atoms with Crippen LogP contribution in [0.25, 0.3) is 6.08 Å². The molecule has 0 aliphatic carbocycles. The summed E-state index contributed by atoms with van der Waals surface area (Å²) >= 11 is 0.784. The molecule has 2 aromatic carbocycles. The van der Waals surface area contributed by atoms with E-state index in [1.807, 2.05) is 30.3 Å². The maximum absolute atomic E-state index is 12.7. The standard InChI is InChI=1S/C23H23NO6S/c1-4-29-22(26)15(2)24-21(25)20(31-23(24)27)13-17-10-11-18(19(12-17)28-3)30-14-16-8-6-5-7-9-16/h5-13,15H,4,14H2,1-3H3/b20-13+/t15-/m1/s1. The van der Waals surface area contributed by atoms with Crippen LogP contribution in [-0.2, 0) is 20.9 Å². The number of methoxy groups -OCH3 is 1. The number of hydrogen-bond acceptors (Lipinski definition) is 7. The highest BCUT2D eigenvalue weighted by Gasteiger charge is 2.41. The summed E-state index contributed by atoms with van der Waals surface area (Å²) in [4.78, 5) is 38.1. The van der Waals surface area contributed by atoms with E-state index in [4.69, 9.17) is 14.2 Å². The van der Waals surface area contributed by atoms with Gasteiger partial charge in [-0.3, -0.25) is 14.5 Å². The fourth-order valence-corrected chi connectivity index (χ4v) is 3.87. The lowest BCUT2D eigenvalue weighted by Crippen LogP contribution is -2.42. The van der Waals surface area contributed by atoms with E-state index in [0.717, 1.165) is 22.2 Å². The first-order valence-electron chi connectivity index (χ1n) is 9.73. The number of amides is 2. The summed E-state index contributed by atoms with van der Waals surface area (Å²) in [6, 6.07) is 14.0. The lowest BCUT2D eigenvalue weighted by molar-refractivity contribution is -0.150. The van der Waals surface area contributed by atoms with Crippen LogP contribution in [-0.4, -0.2) is 41.8 Å². The summed E-state index contributed by atoms with van der Waals surface area (Å²) in [5.41, 5.74) is 1.69. The fraction of sp³-hybridized carbons (Fsp3) is 0.261. The second-order valence-corrected chi connectivity index (χ2v) is 7.66. The number of nitrogens with zero attached hydrogens (tertiary/aromatic N) is 1. The monoisotopic (exact) mass is 441 g/mol. The zero-order valence-electron chi connectivity index (χ0n) is 17.5. The quantitative estimate of drug-likeness (QED) is 0.447. The number of hydrogen-bond donors (Lipinski definition) is 0. The first kappa shape index (κ1) is 22.4. The molecule has 0 radical (unpaired) electrons. The van der Waals surface area contributed by atoms with E-state index in [2.05, 4.69) is 0 Å². The lowest BCUT2D eigenvalue weighted by atomic mass is 10.1. The molecule has 0 aromatic heterocycles. The lowest BCUT2D eigenvalue weighted by Gasteiger charge is -2.19. The molecule has 0 N–H and O–H groups in total. The van der Waals surface area contributed by atoms with Crippen molar-refractivity contribution in [3.8, 4) is 11.5 Å². The van der Waals surface area contributed by atoms with Crippen LogP contribution >= 0.6 is 11.8 Å². The molecule has 1 atom stereocenters. The topological polar surface area (TPSA) is 82.1 Å². The molecular formula is C23H23NO6S. The number of carbonyl (C=O) groups excluding carboxylic acids is 3. The Balaban J connectivity index is 1.76. The number of rotatable bonds is 8. The van der Waals surface area contributed by atoms with Gasteiger partial charge in [0.15, 0.2) is 11.5 Å². The molecule has 3 rings (SSSR count). The minimum Gasteiger partial charge on any atom is -0.493 e. The summed E-state index contributed by atoms with van der Waals surface area (Å²) in [5, 5.41) is -0.508. The molecule has 7 nitrogen and oxygen atoms in total. The van der Waals surface area contributed by atoms with Crippen molar-refractivity contribution in [2.24, 2.45) is 0 Å². The second kappa shape index (κ2) is 10.2. The Morgan fingerprint density at radius 1 is 1.13 bits per heavy atom. The highest BCUT2D eigenvalue weighted by atomic mass is 32.2. The van der Waals surface area contributed by atoms with Crippen LogP contribution in [0.4, 0.5) is 4.79 Å². The third-order valence-corrected chi connectivity index (χ3v) is 5.44. The number of thioether (sulfide) groups is 1. The van der Waals surface area contributed by atoms with Crippen LogP contribution in [0.5, 0.6) is 11.5 Å². The fourth-order valence-electron chi connectivity index (χ4n) is 2.96. The number of esters is 1. The molecule has 1 aliphatic rings. The van der Waals surface area contributed by atoms with Gasteiger partial charge in [0.25, 0.3) is 11.1 Å². The summed E-state index contributed by atoms with van der Waals surface area (Å²) in [5.74, 6) is -0.0806. The van der Waals surface area contributed by atoms with Gasteiger partial charge in [-0.15, -0.1) is 0 Å². The molecule has 1 fully saturated rings. The van der Waals surface area contributed by atoms with Crippen molar-refractivity contribution in [1.82, 2.24) is 4.90 Å². The van der Waals surface area contributed by atoms with Crippen LogP contribution in [0.1, 0.15) is 25.0 Å². The van der Waals surface area contributed by atoms with Crippen molar-refractivity contribution in [1.29, 1.82) is 0 Å². The van der Waals surface area contributed by atoms with E-state index < -0.39 is 23.2 Å². The van der Waals surface area contributed by atoms with Crippen LogP contribution in [0, 0.1) is 0 Å². The molecule has 2 amide bonds. The summed E-state index contributed by atoms with van der Waals surface area (Å²) in [7, 11) is 1.53. The van der Waals surface area contributed by atoms with Crippen molar-refractivity contribution in [2.45, 2.75) is 26.5 Å². The van der Waals surface area contributed by atoms with E-state index in [-0.39, 0.29) is 11.5 Å². The van der Waals surface area contributed by atoms with Crippen molar-refractivity contribution < 1.29 is 28.6 Å². The first-order chi connectivity index (χ1) is 14.9. The molecule has 0 bridgehead atoms. The van der Waals surface area contributed by atoms with E-state index >= 15 is 0 Å². The normalized spacial score (nSPS) is 15.8. The Labute approximate surface area is 185 Å². The van der Waals surface area contributed by atoms with Crippen LogP contribution in [0.3, 0.4) is 0 Å². The Hall–Kier alpha value is -3.26. The molecule has 162 valence electrons. The summed E-state index contributed by atoms with van der Waals surface area (Å²) < 4.78 is 16.2. The van der Waals surface area contributed by atoms with Gasteiger partial charge in [0.2, 0.25) is 0 Å². The second-order valence-electron chi connectivity index (χ2n) is 6.66. The van der Waals surface area contributed by atoms with Gasteiger partial charge in [-0.05, 0) is 54.9 Å². The smallest absolute Gasteiger partial charge is 0.329 e. The van der Waals surface area contributed by atoms with Gasteiger partial charge in [0, 0.05) is 0 Å². The third-order valence-electron chi connectivity index (χ3n) is 4.56. The third kappa shape index (κ3) is 5.27. The van der Waals surface area contributed by atoms with Gasteiger partial charge in [-0.2, -0.15) is 0 Å². The van der Waals surface area contributed by atoms with Crippen molar-refractivity contribution >= 4 is 35.0 Å². The number of carbonyl (C=O) groups is 3. The zero-order chi connectivity index (χ0) is 22.4. The van der Waals surface area contributed by atoms with Crippen molar-refractivity contribution in [3.05, 3.63) is 64.6 Å². The molecule has 0 saturated carbocycles. The molecule has 2 aromatic rings. The Kier molecular flexibility index (Phi) is 7.36. The maximum atomic E-state index is 12.7. The van der Waals surface area contributed by atoms with E-state index in [9.17, 15) is 14.4 Å². The molecular weight excluding hydrogens is 418 g/mol. The Bertz CT molecular complexity index is 1000. The number of benzene rings is 2. The SMILES string of the molecule is CCOC(=O)[C@@H](C)N1C(=O)S/C(=C/c2ccc(OCc3ccccc3)c(OC)c2)C1=O. The summed E-state index contributed by atoms with van der Waals surface area (Å²) in [6.45, 7) is 3.70. The molecule has 8 heteroatoms. The average Bonchev–Trinajstić information content (AvgIpc) is 3.05. The van der Waals surface area contributed by atoms with E-state index in [0.29, 0.717) is 23.7 Å². The molecule has 1 saturated heterocycles.